The van der Waals surface area contributed by atoms with Gasteiger partial charge >= 0.3 is 0 Å². The molecule has 0 unspecified atom stereocenters. The molecule has 0 aromatic heterocycles. The van der Waals surface area contributed by atoms with Crippen molar-refractivity contribution in [3.05, 3.63) is 29.8 Å². The van der Waals surface area contributed by atoms with E-state index in [9.17, 15) is 9.59 Å². The van der Waals surface area contributed by atoms with Gasteiger partial charge in [0.2, 0.25) is 11.8 Å². The fourth-order valence-corrected chi connectivity index (χ4v) is 3.61. The summed E-state index contributed by atoms with van der Waals surface area (Å²) in [7, 11) is 0. The summed E-state index contributed by atoms with van der Waals surface area (Å²) in [6.07, 6.45) is 3.28. The maximum Gasteiger partial charge on any atom is 0.227 e. The van der Waals surface area contributed by atoms with Crippen LogP contribution in [0.5, 0.6) is 0 Å². The molecule has 4 heteroatoms. The molecule has 0 bridgehead atoms. The van der Waals surface area contributed by atoms with Gasteiger partial charge in [-0.1, -0.05) is 45.9 Å². The lowest BCUT2D eigenvalue weighted by atomic mass is 9.93. The number of amides is 2. The van der Waals surface area contributed by atoms with Crippen molar-refractivity contribution in [1.29, 1.82) is 0 Å². The van der Waals surface area contributed by atoms with Gasteiger partial charge in [0, 0.05) is 30.6 Å². The van der Waals surface area contributed by atoms with Crippen molar-refractivity contribution >= 4 is 17.5 Å². The zero-order valence-electron chi connectivity index (χ0n) is 16.0. The number of hydrogen-bond donors (Lipinski definition) is 1. The van der Waals surface area contributed by atoms with Crippen molar-refractivity contribution < 1.29 is 9.59 Å². The van der Waals surface area contributed by atoms with Crippen molar-refractivity contribution in [2.24, 2.45) is 11.8 Å². The SMILES string of the molecule is CCC(CC)C(=O)N1CCC(C(=O)Nc2ccccc2C(C)C)CC1. The molecule has 0 spiro atoms. The molecule has 1 aliphatic heterocycles. The molecule has 0 saturated carbocycles. The molecule has 1 aromatic carbocycles. The molecule has 25 heavy (non-hydrogen) atoms. The van der Waals surface area contributed by atoms with Crippen LogP contribution in [0.1, 0.15) is 64.9 Å². The first kappa shape index (κ1) is 19.5. The number of benzene rings is 1. The van der Waals surface area contributed by atoms with Crippen molar-refractivity contribution in [2.75, 3.05) is 18.4 Å². The number of carbonyl (C=O) groups excluding carboxylic acids is 2. The Balaban J connectivity index is 1.93. The smallest absolute Gasteiger partial charge is 0.227 e. The number of piperidine rings is 1. The standard InChI is InChI=1S/C21H32N2O2/c1-5-16(6-2)21(25)23-13-11-17(12-14-23)20(24)22-19-10-8-7-9-18(19)15(3)4/h7-10,15-17H,5-6,11-14H2,1-4H3,(H,22,24). The van der Waals surface area contributed by atoms with Crippen LogP contribution in [0.2, 0.25) is 0 Å². The van der Waals surface area contributed by atoms with Crippen molar-refractivity contribution in [3.8, 4) is 0 Å². The minimum absolute atomic E-state index is 0.00836. The zero-order chi connectivity index (χ0) is 18.4. The zero-order valence-corrected chi connectivity index (χ0v) is 16.0. The maximum atomic E-state index is 12.7. The molecule has 1 aliphatic rings. The molecule has 138 valence electrons. The largest absolute Gasteiger partial charge is 0.342 e. The Morgan fingerprint density at radius 2 is 1.72 bits per heavy atom. The van der Waals surface area contributed by atoms with Crippen LogP contribution < -0.4 is 5.32 Å². The lowest BCUT2D eigenvalue weighted by Gasteiger charge is -2.33. The van der Waals surface area contributed by atoms with E-state index in [1.54, 1.807) is 0 Å². The van der Waals surface area contributed by atoms with E-state index < -0.39 is 0 Å². The van der Waals surface area contributed by atoms with E-state index in [2.05, 4.69) is 39.1 Å². The first-order valence-corrected chi connectivity index (χ1v) is 9.66. The van der Waals surface area contributed by atoms with Gasteiger partial charge in [-0.3, -0.25) is 9.59 Å². The highest BCUT2D eigenvalue weighted by atomic mass is 16.2. The summed E-state index contributed by atoms with van der Waals surface area (Å²) in [5, 5.41) is 3.11. The van der Waals surface area contributed by atoms with Crippen LogP contribution in [0.3, 0.4) is 0 Å². The predicted molar refractivity (Wildman–Crippen MR) is 103 cm³/mol. The van der Waals surface area contributed by atoms with Gasteiger partial charge in [-0.05, 0) is 43.2 Å². The predicted octanol–water partition coefficient (Wildman–Crippen LogP) is 4.42. The third kappa shape index (κ3) is 4.83. The highest BCUT2D eigenvalue weighted by Gasteiger charge is 2.29. The first-order valence-electron chi connectivity index (χ1n) is 9.66. The summed E-state index contributed by atoms with van der Waals surface area (Å²) >= 11 is 0. The third-order valence-electron chi connectivity index (χ3n) is 5.35. The number of likely N-dealkylation sites (tertiary alicyclic amines) is 1. The van der Waals surface area contributed by atoms with Crippen LogP contribution in [0, 0.1) is 11.8 Å². The van der Waals surface area contributed by atoms with Gasteiger partial charge in [0.1, 0.15) is 0 Å². The van der Waals surface area contributed by atoms with Gasteiger partial charge in [0.25, 0.3) is 0 Å². The monoisotopic (exact) mass is 344 g/mol. The average molecular weight is 344 g/mol. The van der Waals surface area contributed by atoms with Crippen LogP contribution in [-0.4, -0.2) is 29.8 Å². The minimum atomic E-state index is -0.00836. The van der Waals surface area contributed by atoms with Gasteiger partial charge in [-0.15, -0.1) is 0 Å². The number of nitrogens with zero attached hydrogens (tertiary/aromatic N) is 1. The van der Waals surface area contributed by atoms with Crippen LogP contribution in [0.25, 0.3) is 0 Å². The van der Waals surface area contributed by atoms with Gasteiger partial charge in [0.05, 0.1) is 0 Å². The number of hydrogen-bond acceptors (Lipinski definition) is 2. The number of rotatable bonds is 6. The first-order chi connectivity index (χ1) is 12.0. The molecule has 2 amide bonds. The summed E-state index contributed by atoms with van der Waals surface area (Å²) in [5.74, 6) is 0.835. The van der Waals surface area contributed by atoms with E-state index in [4.69, 9.17) is 0 Å². The van der Waals surface area contributed by atoms with E-state index in [1.807, 2.05) is 23.1 Å². The Bertz CT molecular complexity index is 585. The second-order valence-corrected chi connectivity index (χ2v) is 7.34. The van der Waals surface area contributed by atoms with Crippen molar-refractivity contribution in [2.45, 2.75) is 59.3 Å². The Hall–Kier alpha value is -1.84. The fraction of sp³-hybridized carbons (Fsp3) is 0.619. The molecule has 1 heterocycles. The van der Waals surface area contributed by atoms with Gasteiger partial charge in [0.15, 0.2) is 0 Å². The van der Waals surface area contributed by atoms with Crippen LogP contribution in [-0.2, 0) is 9.59 Å². The highest BCUT2D eigenvalue weighted by molar-refractivity contribution is 5.93. The molecule has 1 saturated heterocycles. The Kier molecular flexibility index (Phi) is 7.03. The number of nitrogens with one attached hydrogen (secondary N) is 1. The highest BCUT2D eigenvalue weighted by Crippen LogP contribution is 2.26. The molecule has 1 N–H and O–H groups in total. The lowest BCUT2D eigenvalue weighted by Crippen LogP contribution is -2.43. The second-order valence-electron chi connectivity index (χ2n) is 7.34. The molecule has 1 aromatic rings. The number of para-hydroxylation sites is 1. The summed E-state index contributed by atoms with van der Waals surface area (Å²) in [6.45, 7) is 9.79. The van der Waals surface area contributed by atoms with E-state index in [0.717, 1.165) is 36.9 Å². The van der Waals surface area contributed by atoms with E-state index in [1.165, 1.54) is 0 Å². The minimum Gasteiger partial charge on any atom is -0.342 e. The molecule has 0 radical (unpaired) electrons. The molecule has 0 atom stereocenters. The Labute approximate surface area is 152 Å². The van der Waals surface area contributed by atoms with E-state index in [-0.39, 0.29) is 23.7 Å². The normalized spacial score (nSPS) is 15.7. The molecule has 1 fully saturated rings. The summed E-state index contributed by atoms with van der Waals surface area (Å²) < 4.78 is 0. The number of anilines is 1. The topological polar surface area (TPSA) is 49.4 Å². The Morgan fingerprint density at radius 3 is 2.28 bits per heavy atom. The van der Waals surface area contributed by atoms with Gasteiger partial charge in [-0.25, -0.2) is 0 Å². The molecular formula is C21H32N2O2. The van der Waals surface area contributed by atoms with Crippen LogP contribution >= 0.6 is 0 Å². The maximum absolute atomic E-state index is 12.7. The van der Waals surface area contributed by atoms with Crippen LogP contribution in [0.4, 0.5) is 5.69 Å². The van der Waals surface area contributed by atoms with E-state index in [0.29, 0.717) is 19.0 Å². The summed E-state index contributed by atoms with van der Waals surface area (Å²) in [6, 6.07) is 8.00. The summed E-state index contributed by atoms with van der Waals surface area (Å²) in [4.78, 5) is 27.1. The van der Waals surface area contributed by atoms with E-state index >= 15 is 0 Å². The quantitative estimate of drug-likeness (QED) is 0.830. The van der Waals surface area contributed by atoms with Crippen molar-refractivity contribution in [1.82, 2.24) is 4.90 Å². The van der Waals surface area contributed by atoms with Gasteiger partial charge < -0.3 is 10.2 Å². The summed E-state index contributed by atoms with van der Waals surface area (Å²) in [5.41, 5.74) is 2.08. The fourth-order valence-electron chi connectivity index (χ4n) is 3.61. The molecule has 0 aliphatic carbocycles. The van der Waals surface area contributed by atoms with Crippen LogP contribution in [0.15, 0.2) is 24.3 Å². The molecule has 4 nitrogen and oxygen atoms in total. The number of carbonyl (C=O) groups is 2. The third-order valence-corrected chi connectivity index (χ3v) is 5.35. The Morgan fingerprint density at radius 1 is 1.12 bits per heavy atom. The molecule has 2 rings (SSSR count). The average Bonchev–Trinajstić information content (AvgIpc) is 2.63. The molecular weight excluding hydrogens is 312 g/mol. The van der Waals surface area contributed by atoms with Gasteiger partial charge in [-0.2, -0.15) is 0 Å². The van der Waals surface area contributed by atoms with Crippen molar-refractivity contribution in [3.63, 3.8) is 0 Å². The lowest BCUT2D eigenvalue weighted by molar-refractivity contribution is -0.138. The second kappa shape index (κ2) is 9.02.